The van der Waals surface area contributed by atoms with Gasteiger partial charge in [0.2, 0.25) is 0 Å². The van der Waals surface area contributed by atoms with Crippen LogP contribution in [0.5, 0.6) is 5.75 Å². The number of carbonyl (C=O) groups excluding carboxylic acids is 2. The molecule has 2 aromatic carbocycles. The fourth-order valence-electron chi connectivity index (χ4n) is 3.05. The van der Waals surface area contributed by atoms with Crippen molar-refractivity contribution < 1.29 is 27.8 Å². The Kier molecular flexibility index (Phi) is 6.77. The standard InChI is InChI=1S/C21H22F2N2O4/c1-13(14-7-9-17(10-8-14)29-21(22)23)24-19(26)15-4-2-5-16(12-15)25-20(27)18-6-3-11-28-18/h2,4-5,7-10,12-13,18,21H,3,6,11H2,1H3,(H,24,26)(H,25,27). The molecular formula is C21H22F2N2O4. The zero-order chi connectivity index (χ0) is 20.8. The highest BCUT2D eigenvalue weighted by Crippen LogP contribution is 2.20. The minimum Gasteiger partial charge on any atom is -0.435 e. The lowest BCUT2D eigenvalue weighted by Crippen LogP contribution is -2.28. The van der Waals surface area contributed by atoms with Crippen molar-refractivity contribution in [3.05, 3.63) is 59.7 Å². The van der Waals surface area contributed by atoms with Crippen molar-refractivity contribution in [2.24, 2.45) is 0 Å². The first kappa shape index (κ1) is 20.7. The Balaban J connectivity index is 1.60. The van der Waals surface area contributed by atoms with Crippen LogP contribution >= 0.6 is 0 Å². The van der Waals surface area contributed by atoms with Crippen molar-refractivity contribution in [3.8, 4) is 5.75 Å². The molecule has 1 heterocycles. The molecule has 1 fully saturated rings. The summed E-state index contributed by atoms with van der Waals surface area (Å²) in [5.41, 5.74) is 1.64. The Hall–Kier alpha value is -3.00. The largest absolute Gasteiger partial charge is 0.435 e. The predicted molar refractivity (Wildman–Crippen MR) is 103 cm³/mol. The molecule has 0 spiro atoms. The van der Waals surface area contributed by atoms with Crippen LogP contribution in [0.1, 0.15) is 41.7 Å². The number of halogens is 2. The zero-order valence-corrected chi connectivity index (χ0v) is 15.9. The third-order valence-electron chi connectivity index (χ3n) is 4.57. The second-order valence-electron chi connectivity index (χ2n) is 6.71. The van der Waals surface area contributed by atoms with E-state index in [1.54, 1.807) is 43.3 Å². The summed E-state index contributed by atoms with van der Waals surface area (Å²) >= 11 is 0. The summed E-state index contributed by atoms with van der Waals surface area (Å²) in [7, 11) is 0. The first-order valence-corrected chi connectivity index (χ1v) is 9.30. The molecule has 154 valence electrons. The van der Waals surface area contributed by atoms with Crippen LogP contribution < -0.4 is 15.4 Å². The summed E-state index contributed by atoms with van der Waals surface area (Å²) in [5.74, 6) is -0.491. The predicted octanol–water partition coefficient (Wildman–Crippen LogP) is 3.90. The molecule has 0 aliphatic carbocycles. The third-order valence-corrected chi connectivity index (χ3v) is 4.57. The van der Waals surface area contributed by atoms with E-state index in [2.05, 4.69) is 15.4 Å². The Morgan fingerprint density at radius 1 is 1.17 bits per heavy atom. The third kappa shape index (κ3) is 5.74. The second kappa shape index (κ2) is 9.47. The molecule has 0 bridgehead atoms. The molecular weight excluding hydrogens is 382 g/mol. The first-order valence-electron chi connectivity index (χ1n) is 9.30. The van der Waals surface area contributed by atoms with Crippen molar-refractivity contribution in [2.45, 2.75) is 38.5 Å². The molecule has 6 nitrogen and oxygen atoms in total. The maximum Gasteiger partial charge on any atom is 0.387 e. The van der Waals surface area contributed by atoms with Gasteiger partial charge in [-0.3, -0.25) is 9.59 Å². The summed E-state index contributed by atoms with van der Waals surface area (Å²) in [6.45, 7) is -0.525. The molecule has 2 amide bonds. The number of benzene rings is 2. The van der Waals surface area contributed by atoms with Crippen molar-refractivity contribution in [1.82, 2.24) is 5.32 Å². The Bertz CT molecular complexity index is 852. The Labute approximate surface area is 167 Å². The van der Waals surface area contributed by atoms with Crippen molar-refractivity contribution in [2.75, 3.05) is 11.9 Å². The van der Waals surface area contributed by atoms with Gasteiger partial charge in [-0.2, -0.15) is 8.78 Å². The number of alkyl halides is 2. The highest BCUT2D eigenvalue weighted by atomic mass is 19.3. The zero-order valence-electron chi connectivity index (χ0n) is 15.9. The van der Waals surface area contributed by atoms with Crippen LogP contribution in [0.3, 0.4) is 0 Å². The maximum absolute atomic E-state index is 12.6. The monoisotopic (exact) mass is 404 g/mol. The van der Waals surface area contributed by atoms with Crippen LogP contribution in [-0.4, -0.2) is 31.1 Å². The van der Waals surface area contributed by atoms with Gasteiger partial charge in [0.05, 0.1) is 6.04 Å². The van der Waals surface area contributed by atoms with Gasteiger partial charge in [-0.15, -0.1) is 0 Å². The number of anilines is 1. The van der Waals surface area contributed by atoms with E-state index in [-0.39, 0.29) is 23.6 Å². The molecule has 1 aliphatic heterocycles. The molecule has 3 rings (SSSR count). The van der Waals surface area contributed by atoms with E-state index in [0.29, 0.717) is 24.3 Å². The first-order chi connectivity index (χ1) is 13.9. The van der Waals surface area contributed by atoms with Crippen molar-refractivity contribution in [1.29, 1.82) is 0 Å². The minimum atomic E-state index is -2.88. The molecule has 0 aromatic heterocycles. The van der Waals surface area contributed by atoms with Gasteiger partial charge in [0, 0.05) is 17.9 Å². The van der Waals surface area contributed by atoms with Gasteiger partial charge in [-0.1, -0.05) is 18.2 Å². The van der Waals surface area contributed by atoms with E-state index in [9.17, 15) is 18.4 Å². The summed E-state index contributed by atoms with van der Waals surface area (Å²) < 4.78 is 34.1. The van der Waals surface area contributed by atoms with Crippen LogP contribution in [0.15, 0.2) is 48.5 Å². The second-order valence-corrected chi connectivity index (χ2v) is 6.71. The molecule has 0 saturated carbocycles. The topological polar surface area (TPSA) is 76.7 Å². The number of ether oxygens (including phenoxy) is 2. The minimum absolute atomic E-state index is 0.0527. The summed E-state index contributed by atoms with van der Waals surface area (Å²) in [6.07, 6.45) is 1.09. The Morgan fingerprint density at radius 3 is 2.59 bits per heavy atom. The molecule has 2 aromatic rings. The van der Waals surface area contributed by atoms with Crippen LogP contribution in [0.4, 0.5) is 14.5 Å². The van der Waals surface area contributed by atoms with Crippen LogP contribution in [0.2, 0.25) is 0 Å². The van der Waals surface area contributed by atoms with Crippen LogP contribution in [0, 0.1) is 0 Å². The van der Waals surface area contributed by atoms with Gasteiger partial charge in [-0.05, 0) is 55.7 Å². The SMILES string of the molecule is CC(NC(=O)c1cccc(NC(=O)C2CCCO2)c1)c1ccc(OC(F)F)cc1. The fraction of sp³-hybridized carbons (Fsp3) is 0.333. The quantitative estimate of drug-likeness (QED) is 0.734. The number of hydrogen-bond donors (Lipinski definition) is 2. The summed E-state index contributed by atoms with van der Waals surface area (Å²) in [4.78, 5) is 24.7. The highest BCUT2D eigenvalue weighted by molar-refractivity contribution is 5.98. The molecule has 2 atom stereocenters. The lowest BCUT2D eigenvalue weighted by molar-refractivity contribution is -0.124. The number of hydrogen-bond acceptors (Lipinski definition) is 4. The lowest BCUT2D eigenvalue weighted by atomic mass is 10.1. The van der Waals surface area contributed by atoms with Gasteiger partial charge in [0.25, 0.3) is 11.8 Å². The van der Waals surface area contributed by atoms with E-state index >= 15 is 0 Å². The molecule has 8 heteroatoms. The van der Waals surface area contributed by atoms with Crippen molar-refractivity contribution in [3.63, 3.8) is 0 Å². The number of carbonyl (C=O) groups is 2. The van der Waals surface area contributed by atoms with Crippen LogP contribution in [-0.2, 0) is 9.53 Å². The van der Waals surface area contributed by atoms with Gasteiger partial charge >= 0.3 is 6.61 Å². The lowest BCUT2D eigenvalue weighted by Gasteiger charge is -2.16. The van der Waals surface area contributed by atoms with Crippen LogP contribution in [0.25, 0.3) is 0 Å². The summed E-state index contributed by atoms with van der Waals surface area (Å²) in [5, 5.41) is 5.61. The van der Waals surface area contributed by atoms with Crippen molar-refractivity contribution >= 4 is 17.5 Å². The van der Waals surface area contributed by atoms with E-state index < -0.39 is 12.7 Å². The molecule has 2 N–H and O–H groups in total. The Morgan fingerprint density at radius 2 is 1.93 bits per heavy atom. The average Bonchev–Trinajstić information content (AvgIpc) is 3.23. The number of rotatable bonds is 7. The molecule has 0 radical (unpaired) electrons. The molecule has 2 unspecified atom stereocenters. The van der Waals surface area contributed by atoms with E-state index in [4.69, 9.17) is 4.74 Å². The highest BCUT2D eigenvalue weighted by Gasteiger charge is 2.23. The maximum atomic E-state index is 12.6. The van der Waals surface area contributed by atoms with Gasteiger partial charge < -0.3 is 20.1 Å². The van der Waals surface area contributed by atoms with E-state index in [1.807, 2.05) is 0 Å². The summed E-state index contributed by atoms with van der Waals surface area (Å²) in [6, 6.07) is 12.3. The molecule has 29 heavy (non-hydrogen) atoms. The van der Waals surface area contributed by atoms with E-state index in [0.717, 1.165) is 12.0 Å². The number of amides is 2. The fourth-order valence-corrected chi connectivity index (χ4v) is 3.05. The smallest absolute Gasteiger partial charge is 0.387 e. The molecule has 1 aliphatic rings. The van der Waals surface area contributed by atoms with Gasteiger partial charge in [-0.25, -0.2) is 0 Å². The molecule has 1 saturated heterocycles. The number of nitrogens with one attached hydrogen (secondary N) is 2. The van der Waals surface area contributed by atoms with Gasteiger partial charge in [0.1, 0.15) is 11.9 Å². The van der Waals surface area contributed by atoms with Gasteiger partial charge in [0.15, 0.2) is 0 Å². The van der Waals surface area contributed by atoms with E-state index in [1.165, 1.54) is 12.1 Å². The normalized spacial score (nSPS) is 17.0. The average molecular weight is 404 g/mol.